The molecule has 4 rings (SSSR count). The number of aromatic nitrogens is 1. The minimum atomic E-state index is 0.803. The summed E-state index contributed by atoms with van der Waals surface area (Å²) in [5.74, 6) is 0. The Morgan fingerprint density at radius 1 is 1.00 bits per heavy atom. The molecule has 1 saturated heterocycles. The number of hydrogen-bond donors (Lipinski definition) is 2. The number of fused-ring (bicyclic) bond motifs is 1. The first-order valence-corrected chi connectivity index (χ1v) is 8.56. The second-order valence-corrected chi connectivity index (χ2v) is 6.71. The fourth-order valence-electron chi connectivity index (χ4n) is 3.41. The van der Waals surface area contributed by atoms with Gasteiger partial charge >= 0.3 is 0 Å². The third-order valence-electron chi connectivity index (χ3n) is 4.69. The summed E-state index contributed by atoms with van der Waals surface area (Å²) in [4.78, 5) is 7.63. The molecule has 1 aliphatic heterocycles. The number of piperazine rings is 1. The van der Waals surface area contributed by atoms with E-state index in [1.54, 1.807) is 4.90 Å². The molecule has 0 radical (unpaired) electrons. The molecule has 2 N–H and O–H groups in total. The summed E-state index contributed by atoms with van der Waals surface area (Å²) in [6.45, 7) is 5.59. The van der Waals surface area contributed by atoms with Gasteiger partial charge in [-0.05, 0) is 41.8 Å². The van der Waals surface area contributed by atoms with Gasteiger partial charge in [-0.1, -0.05) is 29.8 Å². The Bertz CT molecular complexity index is 753. The summed E-state index contributed by atoms with van der Waals surface area (Å²) in [7, 11) is 0. The normalized spacial score (nSPS) is 16.1. The summed E-state index contributed by atoms with van der Waals surface area (Å²) < 4.78 is 0. The molecule has 1 aliphatic rings. The monoisotopic (exact) mass is 326 g/mol. The van der Waals surface area contributed by atoms with Crippen LogP contribution >= 0.6 is 11.6 Å². The molecule has 0 atom stereocenters. The lowest BCUT2D eigenvalue weighted by Crippen LogP contribution is -3.13. The van der Waals surface area contributed by atoms with Crippen LogP contribution in [0.1, 0.15) is 5.69 Å². The molecule has 0 saturated carbocycles. The van der Waals surface area contributed by atoms with Gasteiger partial charge in [0.1, 0.15) is 6.54 Å². The summed E-state index contributed by atoms with van der Waals surface area (Å²) in [5, 5.41) is 2.11. The fraction of sp³-hybridized carbons (Fsp3) is 0.263. The first-order chi connectivity index (χ1) is 11.3. The van der Waals surface area contributed by atoms with Crippen LogP contribution in [0.3, 0.4) is 0 Å². The highest BCUT2D eigenvalue weighted by Gasteiger charge is 2.20. The van der Waals surface area contributed by atoms with Crippen molar-refractivity contribution in [3.63, 3.8) is 0 Å². The van der Waals surface area contributed by atoms with Crippen molar-refractivity contribution in [2.75, 3.05) is 31.1 Å². The number of nitrogens with zero attached hydrogens (tertiary/aromatic N) is 1. The Morgan fingerprint density at radius 3 is 2.48 bits per heavy atom. The molecular formula is C19H21ClN3+. The van der Waals surface area contributed by atoms with E-state index < -0.39 is 0 Å². The van der Waals surface area contributed by atoms with Crippen LogP contribution in [0.25, 0.3) is 10.9 Å². The maximum Gasteiger partial charge on any atom is 0.118 e. The van der Waals surface area contributed by atoms with Crippen molar-refractivity contribution in [3.05, 3.63) is 65.3 Å². The number of quaternary nitrogens is 1. The number of anilines is 1. The Morgan fingerprint density at radius 2 is 1.74 bits per heavy atom. The number of benzene rings is 2. The maximum absolute atomic E-state index is 5.97. The van der Waals surface area contributed by atoms with Crippen LogP contribution in [-0.4, -0.2) is 31.2 Å². The van der Waals surface area contributed by atoms with E-state index in [0.717, 1.165) is 37.7 Å². The second-order valence-electron chi connectivity index (χ2n) is 6.27. The third-order valence-corrected chi connectivity index (χ3v) is 4.94. The Hall–Kier alpha value is -1.97. The molecule has 3 nitrogen and oxygen atoms in total. The van der Waals surface area contributed by atoms with Crippen LogP contribution in [0.4, 0.5) is 5.69 Å². The second kappa shape index (κ2) is 6.26. The maximum atomic E-state index is 5.97. The van der Waals surface area contributed by atoms with Gasteiger partial charge in [-0.15, -0.1) is 0 Å². The number of hydrogen-bond acceptors (Lipinski definition) is 1. The molecule has 1 fully saturated rings. The summed E-state index contributed by atoms with van der Waals surface area (Å²) in [5.41, 5.74) is 3.85. The fourth-order valence-corrected chi connectivity index (χ4v) is 3.53. The summed E-state index contributed by atoms with van der Waals surface area (Å²) in [6.07, 6.45) is 0. The van der Waals surface area contributed by atoms with Crippen LogP contribution < -0.4 is 9.80 Å². The van der Waals surface area contributed by atoms with Gasteiger partial charge in [-0.25, -0.2) is 0 Å². The molecule has 118 valence electrons. The Kier molecular flexibility index (Phi) is 3.98. The van der Waals surface area contributed by atoms with Gasteiger partial charge < -0.3 is 14.8 Å². The number of aromatic amines is 1. The zero-order valence-electron chi connectivity index (χ0n) is 13.1. The van der Waals surface area contributed by atoms with Crippen molar-refractivity contribution in [1.29, 1.82) is 0 Å². The molecule has 23 heavy (non-hydrogen) atoms. The quantitative estimate of drug-likeness (QED) is 0.759. The van der Waals surface area contributed by atoms with Gasteiger partial charge in [0, 0.05) is 16.2 Å². The molecular weight excluding hydrogens is 306 g/mol. The van der Waals surface area contributed by atoms with Gasteiger partial charge in [-0.3, -0.25) is 0 Å². The van der Waals surface area contributed by atoms with Crippen LogP contribution in [0, 0.1) is 0 Å². The lowest BCUT2D eigenvalue weighted by molar-refractivity contribution is -0.914. The molecule has 4 heteroatoms. The molecule has 0 amide bonds. The zero-order chi connectivity index (χ0) is 15.6. The van der Waals surface area contributed by atoms with Crippen molar-refractivity contribution < 1.29 is 4.90 Å². The SMILES string of the molecule is Clc1ccc(N2CC[NH+](Cc3cc4ccccc4[nH]3)CC2)cc1. The topological polar surface area (TPSA) is 23.5 Å². The van der Waals surface area contributed by atoms with Crippen LogP contribution in [0.2, 0.25) is 5.02 Å². The van der Waals surface area contributed by atoms with Gasteiger partial charge in [0.05, 0.1) is 31.9 Å². The van der Waals surface area contributed by atoms with Crippen molar-refractivity contribution in [2.45, 2.75) is 6.54 Å². The minimum Gasteiger partial charge on any atom is -0.360 e. The predicted octanol–water partition coefficient (Wildman–Crippen LogP) is 2.73. The van der Waals surface area contributed by atoms with Crippen LogP contribution in [0.5, 0.6) is 0 Å². The highest BCUT2D eigenvalue weighted by molar-refractivity contribution is 6.30. The van der Waals surface area contributed by atoms with E-state index in [1.807, 2.05) is 12.1 Å². The van der Waals surface area contributed by atoms with E-state index in [9.17, 15) is 0 Å². The van der Waals surface area contributed by atoms with E-state index in [1.165, 1.54) is 22.3 Å². The van der Waals surface area contributed by atoms with Gasteiger partial charge in [0.2, 0.25) is 0 Å². The Balaban J connectivity index is 1.38. The number of halogens is 1. The van der Waals surface area contributed by atoms with Gasteiger partial charge in [0.15, 0.2) is 0 Å². The van der Waals surface area contributed by atoms with Gasteiger partial charge in [-0.2, -0.15) is 0 Å². The highest BCUT2D eigenvalue weighted by atomic mass is 35.5. The van der Waals surface area contributed by atoms with E-state index in [4.69, 9.17) is 11.6 Å². The van der Waals surface area contributed by atoms with E-state index in [2.05, 4.69) is 52.3 Å². The van der Waals surface area contributed by atoms with Gasteiger partial charge in [0.25, 0.3) is 0 Å². The van der Waals surface area contributed by atoms with Crippen LogP contribution in [-0.2, 0) is 6.54 Å². The standard InChI is InChI=1S/C19H20ClN3/c20-16-5-7-18(8-6-16)23-11-9-22(10-12-23)14-17-13-15-3-1-2-4-19(15)21-17/h1-8,13,21H,9-12,14H2/p+1. The highest BCUT2D eigenvalue weighted by Crippen LogP contribution is 2.18. The largest absolute Gasteiger partial charge is 0.360 e. The summed E-state index contributed by atoms with van der Waals surface area (Å²) >= 11 is 5.97. The lowest BCUT2D eigenvalue weighted by atomic mass is 10.2. The molecule has 0 unspecified atom stereocenters. The van der Waals surface area contributed by atoms with Crippen LogP contribution in [0.15, 0.2) is 54.6 Å². The summed E-state index contributed by atoms with van der Waals surface area (Å²) in [6, 6.07) is 19.0. The Labute approximate surface area is 141 Å². The third kappa shape index (κ3) is 3.21. The molecule has 0 bridgehead atoms. The van der Waals surface area contributed by atoms with E-state index >= 15 is 0 Å². The van der Waals surface area contributed by atoms with Crippen molar-refractivity contribution in [1.82, 2.24) is 4.98 Å². The smallest absolute Gasteiger partial charge is 0.118 e. The average molecular weight is 327 g/mol. The molecule has 3 aromatic rings. The minimum absolute atomic E-state index is 0.803. The molecule has 0 aliphatic carbocycles. The molecule has 2 heterocycles. The molecule has 2 aromatic carbocycles. The molecule has 1 aromatic heterocycles. The zero-order valence-corrected chi connectivity index (χ0v) is 13.8. The van der Waals surface area contributed by atoms with Crippen molar-refractivity contribution in [2.24, 2.45) is 0 Å². The lowest BCUT2D eigenvalue weighted by Gasteiger charge is -2.33. The predicted molar refractivity (Wildman–Crippen MR) is 96.4 cm³/mol. The average Bonchev–Trinajstić information content (AvgIpc) is 2.98. The number of rotatable bonds is 3. The first-order valence-electron chi connectivity index (χ1n) is 8.19. The number of nitrogens with one attached hydrogen (secondary N) is 2. The molecule has 0 spiro atoms. The number of H-pyrrole nitrogens is 1. The number of para-hydroxylation sites is 1. The first kappa shape index (κ1) is 14.6. The van der Waals surface area contributed by atoms with Crippen molar-refractivity contribution >= 4 is 28.2 Å². The van der Waals surface area contributed by atoms with Crippen molar-refractivity contribution in [3.8, 4) is 0 Å². The van der Waals surface area contributed by atoms with E-state index in [-0.39, 0.29) is 0 Å². The van der Waals surface area contributed by atoms with E-state index in [0.29, 0.717) is 0 Å².